The van der Waals surface area contributed by atoms with Gasteiger partial charge in [-0.15, -0.1) is 0 Å². The van der Waals surface area contributed by atoms with Crippen molar-refractivity contribution in [3.8, 4) is 0 Å². The van der Waals surface area contributed by atoms with Crippen molar-refractivity contribution in [3.63, 3.8) is 0 Å². The Kier molecular flexibility index (Phi) is 6.02. The molecule has 4 fully saturated rings. The van der Waals surface area contributed by atoms with Crippen molar-refractivity contribution in [3.05, 3.63) is 0 Å². The summed E-state index contributed by atoms with van der Waals surface area (Å²) in [5.74, 6) is 3.33. The van der Waals surface area contributed by atoms with E-state index in [1.54, 1.807) is 0 Å². The molecule has 5 nitrogen and oxygen atoms in total. The summed E-state index contributed by atoms with van der Waals surface area (Å²) in [5.41, 5.74) is 0.359. The van der Waals surface area contributed by atoms with Crippen molar-refractivity contribution >= 4 is 11.8 Å². The zero-order valence-corrected chi connectivity index (χ0v) is 15.6. The number of ether oxygens (including phenoxy) is 2. The Bertz CT molecular complexity index is 394. The van der Waals surface area contributed by atoms with Crippen molar-refractivity contribution < 1.29 is 9.47 Å². The maximum absolute atomic E-state index is 5.72. The van der Waals surface area contributed by atoms with Gasteiger partial charge in [-0.25, -0.2) is 0 Å². The number of nitrogens with zero attached hydrogens (tertiary/aromatic N) is 1. The molecule has 0 aromatic carbocycles. The zero-order valence-electron chi connectivity index (χ0n) is 14.8. The third-order valence-corrected chi connectivity index (χ3v) is 7.73. The largest absolute Gasteiger partial charge is 0.379 e. The third-order valence-electron chi connectivity index (χ3n) is 6.49. The van der Waals surface area contributed by atoms with Crippen molar-refractivity contribution in [2.24, 2.45) is 5.92 Å². The minimum absolute atomic E-state index is 0.359. The molecule has 0 amide bonds. The van der Waals surface area contributed by atoms with Gasteiger partial charge in [0.1, 0.15) is 0 Å². The molecule has 4 rings (SSSR count). The Morgan fingerprint density at radius 2 is 2.08 bits per heavy atom. The highest BCUT2D eigenvalue weighted by Gasteiger charge is 2.42. The van der Waals surface area contributed by atoms with Gasteiger partial charge in [-0.3, -0.25) is 4.90 Å². The Balaban J connectivity index is 1.36. The molecule has 0 radical (unpaired) electrons. The summed E-state index contributed by atoms with van der Waals surface area (Å²) >= 11 is 2.13. The summed E-state index contributed by atoms with van der Waals surface area (Å²) in [4.78, 5) is 2.72. The highest BCUT2D eigenvalue weighted by Crippen LogP contribution is 2.35. The first kappa shape index (κ1) is 17.6. The summed E-state index contributed by atoms with van der Waals surface area (Å²) in [5, 5.41) is 7.71. The third kappa shape index (κ3) is 3.79. The van der Waals surface area contributed by atoms with E-state index >= 15 is 0 Å². The van der Waals surface area contributed by atoms with Gasteiger partial charge in [-0.1, -0.05) is 6.42 Å². The van der Waals surface area contributed by atoms with Crippen molar-refractivity contribution in [2.45, 2.75) is 43.3 Å². The lowest BCUT2D eigenvalue weighted by atomic mass is 9.91. The molecule has 3 heterocycles. The molecule has 1 aliphatic carbocycles. The summed E-state index contributed by atoms with van der Waals surface area (Å²) < 4.78 is 11.3. The predicted molar refractivity (Wildman–Crippen MR) is 98.8 cm³/mol. The maximum atomic E-state index is 5.72. The first-order chi connectivity index (χ1) is 11.9. The molecule has 4 aliphatic rings. The zero-order chi connectivity index (χ0) is 16.2. The van der Waals surface area contributed by atoms with Gasteiger partial charge in [0.05, 0.1) is 26.4 Å². The van der Waals surface area contributed by atoms with Crippen molar-refractivity contribution in [1.82, 2.24) is 15.5 Å². The van der Waals surface area contributed by atoms with Crippen LogP contribution in [0.1, 0.15) is 25.7 Å². The lowest BCUT2D eigenvalue weighted by Crippen LogP contribution is -2.60. The van der Waals surface area contributed by atoms with E-state index in [0.717, 1.165) is 58.5 Å². The fraction of sp³-hybridized carbons (Fsp3) is 1.00. The van der Waals surface area contributed by atoms with Crippen molar-refractivity contribution in [1.29, 1.82) is 0 Å². The first-order valence-corrected chi connectivity index (χ1v) is 11.0. The lowest BCUT2D eigenvalue weighted by molar-refractivity contribution is -0.0151. The minimum atomic E-state index is 0.359. The van der Waals surface area contributed by atoms with Gasteiger partial charge in [-0.05, 0) is 30.9 Å². The van der Waals surface area contributed by atoms with Crippen molar-refractivity contribution in [2.75, 3.05) is 64.1 Å². The maximum Gasteiger partial charge on any atom is 0.0623 e. The Morgan fingerprint density at radius 1 is 1.17 bits per heavy atom. The second kappa shape index (κ2) is 8.23. The lowest BCUT2D eigenvalue weighted by Gasteiger charge is -2.44. The van der Waals surface area contributed by atoms with E-state index in [-0.39, 0.29) is 0 Å². The van der Waals surface area contributed by atoms with E-state index in [0.29, 0.717) is 17.6 Å². The average molecular weight is 356 g/mol. The number of rotatable bonds is 5. The van der Waals surface area contributed by atoms with Gasteiger partial charge >= 0.3 is 0 Å². The van der Waals surface area contributed by atoms with Gasteiger partial charge in [0.15, 0.2) is 0 Å². The second-order valence-corrected chi connectivity index (χ2v) is 8.95. The van der Waals surface area contributed by atoms with E-state index in [9.17, 15) is 0 Å². The number of hydrogen-bond acceptors (Lipinski definition) is 6. The molecule has 0 bridgehead atoms. The minimum Gasteiger partial charge on any atom is -0.379 e. The molecule has 4 unspecified atom stereocenters. The normalized spacial score (nSPS) is 41.8. The van der Waals surface area contributed by atoms with Crippen LogP contribution < -0.4 is 10.6 Å². The van der Waals surface area contributed by atoms with Crippen LogP contribution in [0.15, 0.2) is 0 Å². The monoisotopic (exact) mass is 355 g/mol. The Hall–Kier alpha value is 0.150. The van der Waals surface area contributed by atoms with Crippen LogP contribution in [0.2, 0.25) is 0 Å². The van der Waals surface area contributed by atoms with Crippen LogP contribution in [0.25, 0.3) is 0 Å². The number of morpholine rings is 2. The van der Waals surface area contributed by atoms with Crippen LogP contribution in [0.5, 0.6) is 0 Å². The van der Waals surface area contributed by atoms with Gasteiger partial charge in [-0.2, -0.15) is 11.8 Å². The van der Waals surface area contributed by atoms with Crippen LogP contribution in [0.3, 0.4) is 0 Å². The molecule has 24 heavy (non-hydrogen) atoms. The quantitative estimate of drug-likeness (QED) is 0.765. The SMILES string of the molecule is C1CC(NCC2(N3CCOCC3)CCSC2)C(C2COCCN2)C1. The molecule has 138 valence electrons. The van der Waals surface area contributed by atoms with Crippen LogP contribution in [-0.4, -0.2) is 86.6 Å². The molecule has 3 saturated heterocycles. The van der Waals surface area contributed by atoms with E-state index in [2.05, 4.69) is 27.3 Å². The van der Waals surface area contributed by atoms with E-state index in [1.165, 1.54) is 37.2 Å². The van der Waals surface area contributed by atoms with Gasteiger partial charge in [0.2, 0.25) is 0 Å². The standard InChI is InChI=1S/C18H33N3O2S/c1-2-15(17-12-23-8-5-19-17)16(3-1)20-13-18(4-11-24-14-18)21-6-9-22-10-7-21/h15-17,19-20H,1-14H2. The second-order valence-electron chi connectivity index (χ2n) is 7.84. The fourth-order valence-corrected chi connectivity index (χ4v) is 6.52. The van der Waals surface area contributed by atoms with Gasteiger partial charge < -0.3 is 20.1 Å². The topological polar surface area (TPSA) is 45.8 Å². The average Bonchev–Trinajstić information content (AvgIpc) is 3.32. The Morgan fingerprint density at radius 3 is 2.83 bits per heavy atom. The summed E-state index contributed by atoms with van der Waals surface area (Å²) in [6, 6.07) is 1.21. The summed E-state index contributed by atoms with van der Waals surface area (Å²) in [6.45, 7) is 7.95. The number of thioether (sulfide) groups is 1. The smallest absolute Gasteiger partial charge is 0.0623 e. The van der Waals surface area contributed by atoms with E-state index in [4.69, 9.17) is 9.47 Å². The molecule has 0 aromatic rings. The Labute approximate surface area is 150 Å². The van der Waals surface area contributed by atoms with E-state index in [1.807, 2.05) is 0 Å². The van der Waals surface area contributed by atoms with E-state index < -0.39 is 0 Å². The van der Waals surface area contributed by atoms with Crippen LogP contribution in [-0.2, 0) is 9.47 Å². The molecule has 6 heteroatoms. The highest BCUT2D eigenvalue weighted by molar-refractivity contribution is 7.99. The first-order valence-electron chi connectivity index (χ1n) is 9.82. The molecule has 4 atom stereocenters. The summed E-state index contributed by atoms with van der Waals surface area (Å²) in [6.07, 6.45) is 5.36. The van der Waals surface area contributed by atoms with Crippen LogP contribution in [0, 0.1) is 5.92 Å². The molecular weight excluding hydrogens is 322 g/mol. The molecular formula is C18H33N3O2S. The van der Waals surface area contributed by atoms with Crippen LogP contribution in [0.4, 0.5) is 0 Å². The van der Waals surface area contributed by atoms with Crippen LogP contribution >= 0.6 is 11.8 Å². The number of nitrogens with one attached hydrogen (secondary N) is 2. The molecule has 2 N–H and O–H groups in total. The molecule has 3 aliphatic heterocycles. The van der Waals surface area contributed by atoms with Gasteiger partial charge in [0.25, 0.3) is 0 Å². The molecule has 1 saturated carbocycles. The molecule has 0 spiro atoms. The number of hydrogen-bond donors (Lipinski definition) is 2. The molecule has 0 aromatic heterocycles. The van der Waals surface area contributed by atoms with Gasteiger partial charge in [0, 0.05) is 49.6 Å². The highest BCUT2D eigenvalue weighted by atomic mass is 32.2. The fourth-order valence-electron chi connectivity index (χ4n) is 5.04. The predicted octanol–water partition coefficient (Wildman–Crippen LogP) is 0.941. The summed E-state index contributed by atoms with van der Waals surface area (Å²) in [7, 11) is 0.